The van der Waals surface area contributed by atoms with Gasteiger partial charge in [0.2, 0.25) is 0 Å². The molecule has 3 aromatic carbocycles. The Morgan fingerprint density at radius 3 is 1.81 bits per heavy atom. The fraction of sp³-hybridized carbons (Fsp3) is 0.0526. The van der Waals surface area contributed by atoms with Crippen molar-refractivity contribution in [2.75, 3.05) is 5.32 Å². The van der Waals surface area contributed by atoms with Crippen LogP contribution in [0.25, 0.3) is 0 Å². The van der Waals surface area contributed by atoms with Crippen molar-refractivity contribution in [3.05, 3.63) is 84.4 Å². The second-order valence-electron chi connectivity index (χ2n) is 5.55. The van der Waals surface area contributed by atoms with Crippen molar-refractivity contribution in [1.29, 1.82) is 0 Å². The molecule has 0 aliphatic carbocycles. The van der Waals surface area contributed by atoms with Gasteiger partial charge < -0.3 is 5.32 Å². The average molecular weight is 407 g/mol. The molecule has 8 heteroatoms. The Balaban J connectivity index is 0.00000261. The van der Waals surface area contributed by atoms with Crippen molar-refractivity contribution in [3.8, 4) is 0 Å². The molecule has 0 saturated heterocycles. The summed E-state index contributed by atoms with van der Waals surface area (Å²) in [5.74, 6) is 0. The molecule has 133 valence electrons. The number of nitrogens with one attached hydrogen (secondary N) is 1. The van der Waals surface area contributed by atoms with E-state index in [4.69, 9.17) is 4.55 Å². The summed E-state index contributed by atoms with van der Waals surface area (Å²) in [4.78, 5) is -0.176. The van der Waals surface area contributed by atoms with Gasteiger partial charge in [-0.3, -0.25) is 4.55 Å². The maximum atomic E-state index is 11.0. The Morgan fingerprint density at radius 1 is 0.778 bits per heavy atom. The Morgan fingerprint density at radius 2 is 1.30 bits per heavy atom. The molecule has 27 heavy (non-hydrogen) atoms. The molecule has 6 nitrogen and oxygen atoms in total. The van der Waals surface area contributed by atoms with Gasteiger partial charge in [-0.1, -0.05) is 30.3 Å². The van der Waals surface area contributed by atoms with Crippen LogP contribution in [0.3, 0.4) is 0 Å². The van der Waals surface area contributed by atoms with Crippen molar-refractivity contribution < 1.29 is 13.0 Å². The summed E-state index contributed by atoms with van der Waals surface area (Å²) >= 11 is 0. The van der Waals surface area contributed by atoms with Crippen molar-refractivity contribution in [1.82, 2.24) is 0 Å². The van der Waals surface area contributed by atoms with Gasteiger partial charge in [0.15, 0.2) is 0 Å². The zero-order valence-electron chi connectivity index (χ0n) is 14.8. The minimum absolute atomic E-state index is 0. The molecule has 3 rings (SSSR count). The van der Waals surface area contributed by atoms with Gasteiger partial charge in [-0.25, -0.2) is 0 Å². The molecular formula is C19H17KN3O3S. The molecule has 0 bridgehead atoms. The molecule has 0 saturated carbocycles. The fourth-order valence-electron chi connectivity index (χ4n) is 2.25. The zero-order valence-corrected chi connectivity index (χ0v) is 18.7. The molecule has 0 atom stereocenters. The maximum absolute atomic E-state index is 11.0. The molecule has 0 spiro atoms. The fourth-order valence-corrected chi connectivity index (χ4v) is 2.73. The predicted octanol–water partition coefficient (Wildman–Crippen LogP) is 4.58. The first-order chi connectivity index (χ1) is 12.5. The third kappa shape index (κ3) is 6.93. The Labute approximate surface area is 200 Å². The Hall–Kier alpha value is -1.39. The first-order valence-corrected chi connectivity index (χ1v) is 9.32. The van der Waals surface area contributed by atoms with Crippen LogP contribution in [0.4, 0.5) is 17.1 Å². The minimum atomic E-state index is -4.20. The van der Waals surface area contributed by atoms with E-state index in [9.17, 15) is 8.42 Å². The molecule has 0 amide bonds. The second-order valence-corrected chi connectivity index (χ2v) is 6.98. The normalized spacial score (nSPS) is 11.1. The van der Waals surface area contributed by atoms with Gasteiger partial charge in [-0.2, -0.15) is 18.6 Å². The van der Waals surface area contributed by atoms with Crippen LogP contribution in [-0.2, 0) is 16.7 Å². The van der Waals surface area contributed by atoms with Crippen molar-refractivity contribution >= 4 is 78.6 Å². The summed E-state index contributed by atoms with van der Waals surface area (Å²) < 4.78 is 30.9. The van der Waals surface area contributed by atoms with Crippen LogP contribution in [0.5, 0.6) is 0 Å². The molecule has 0 aliphatic rings. The van der Waals surface area contributed by atoms with E-state index in [0.29, 0.717) is 11.4 Å². The molecule has 0 aromatic heterocycles. The van der Waals surface area contributed by atoms with E-state index in [-0.39, 0.29) is 56.3 Å². The molecule has 1 radical (unpaired) electrons. The van der Waals surface area contributed by atoms with E-state index in [1.165, 1.54) is 29.8 Å². The van der Waals surface area contributed by atoms with Gasteiger partial charge in [0, 0.05) is 63.6 Å². The largest absolute Gasteiger partial charge is 0.381 e. The number of benzene rings is 3. The SMILES string of the molecule is O=S(=O)(O)c1ccc(N=Nc2ccc(NCc3ccccc3)cc2)cc1.[K]. The van der Waals surface area contributed by atoms with Crippen LogP contribution in [0, 0.1) is 0 Å². The third-order valence-electron chi connectivity index (χ3n) is 3.62. The molecule has 2 N–H and O–H groups in total. The van der Waals surface area contributed by atoms with Crippen LogP contribution in [0.2, 0.25) is 0 Å². The van der Waals surface area contributed by atoms with E-state index in [0.717, 1.165) is 12.2 Å². The Kier molecular flexibility index (Phi) is 8.30. The number of rotatable bonds is 6. The summed E-state index contributed by atoms with van der Waals surface area (Å²) in [6.45, 7) is 0.738. The van der Waals surface area contributed by atoms with E-state index in [1.807, 2.05) is 42.5 Å². The minimum Gasteiger partial charge on any atom is -0.381 e. The van der Waals surface area contributed by atoms with Gasteiger partial charge in [0.1, 0.15) is 0 Å². The van der Waals surface area contributed by atoms with Gasteiger partial charge in [-0.05, 0) is 54.1 Å². The summed E-state index contributed by atoms with van der Waals surface area (Å²) in [7, 11) is -4.20. The standard InChI is InChI=1S/C19H17N3O3S.K/c23-26(24,25)19-12-10-18(11-13-19)22-21-17-8-6-16(7-9-17)20-14-15-4-2-1-3-5-15;/h1-13,20H,14H2,(H,23,24,25);. The molecule has 0 fully saturated rings. The molecule has 0 unspecified atom stereocenters. The number of anilines is 1. The van der Waals surface area contributed by atoms with E-state index in [2.05, 4.69) is 27.7 Å². The van der Waals surface area contributed by atoms with Crippen molar-refractivity contribution in [2.24, 2.45) is 10.2 Å². The quantitative estimate of drug-likeness (QED) is 0.356. The number of hydrogen-bond donors (Lipinski definition) is 2. The second kappa shape index (κ2) is 10.2. The third-order valence-corrected chi connectivity index (χ3v) is 4.49. The van der Waals surface area contributed by atoms with Crippen LogP contribution < -0.4 is 5.32 Å². The van der Waals surface area contributed by atoms with Crippen molar-refractivity contribution in [3.63, 3.8) is 0 Å². The van der Waals surface area contributed by atoms with E-state index in [1.54, 1.807) is 0 Å². The summed E-state index contributed by atoms with van der Waals surface area (Å²) in [5.41, 5.74) is 3.34. The van der Waals surface area contributed by atoms with Crippen LogP contribution >= 0.6 is 0 Å². The van der Waals surface area contributed by atoms with Gasteiger partial charge in [0.05, 0.1) is 16.3 Å². The summed E-state index contributed by atoms with van der Waals surface area (Å²) in [6.07, 6.45) is 0. The average Bonchev–Trinajstić information content (AvgIpc) is 2.66. The summed E-state index contributed by atoms with van der Waals surface area (Å²) in [6, 6.07) is 23.1. The smallest absolute Gasteiger partial charge is 0.294 e. The predicted molar refractivity (Wildman–Crippen MR) is 106 cm³/mol. The first kappa shape index (κ1) is 21.9. The molecule has 3 aromatic rings. The maximum Gasteiger partial charge on any atom is 0.294 e. The van der Waals surface area contributed by atoms with Crippen LogP contribution in [0.1, 0.15) is 5.56 Å². The van der Waals surface area contributed by atoms with Crippen LogP contribution in [-0.4, -0.2) is 64.4 Å². The monoisotopic (exact) mass is 406 g/mol. The Bertz CT molecular complexity index is 991. The number of hydrogen-bond acceptors (Lipinski definition) is 5. The molecular weight excluding hydrogens is 389 g/mol. The number of azo groups is 1. The summed E-state index contributed by atoms with van der Waals surface area (Å²) in [5, 5.41) is 11.5. The zero-order chi connectivity index (χ0) is 18.4. The van der Waals surface area contributed by atoms with Gasteiger partial charge in [-0.15, -0.1) is 0 Å². The van der Waals surface area contributed by atoms with E-state index >= 15 is 0 Å². The topological polar surface area (TPSA) is 91.1 Å². The van der Waals surface area contributed by atoms with Crippen molar-refractivity contribution in [2.45, 2.75) is 11.4 Å². The van der Waals surface area contributed by atoms with Crippen LogP contribution in [0.15, 0.2) is 94.0 Å². The molecule has 0 heterocycles. The molecule has 0 aliphatic heterocycles. The number of nitrogens with zero attached hydrogens (tertiary/aromatic N) is 2. The van der Waals surface area contributed by atoms with E-state index < -0.39 is 10.1 Å². The van der Waals surface area contributed by atoms with Gasteiger partial charge >= 0.3 is 0 Å². The van der Waals surface area contributed by atoms with Gasteiger partial charge in [0.25, 0.3) is 10.1 Å². The first-order valence-electron chi connectivity index (χ1n) is 7.88.